The normalized spacial score (nSPS) is 11.6. The van der Waals surface area contributed by atoms with E-state index < -0.39 is 0 Å². The molecule has 0 fully saturated rings. The van der Waals surface area contributed by atoms with E-state index in [0.717, 1.165) is 24.5 Å². The number of rotatable bonds is 5. The van der Waals surface area contributed by atoms with Crippen LogP contribution in [0.2, 0.25) is 0 Å². The number of nitrogens with one attached hydrogen (secondary N) is 1. The number of nitrogens with zero attached hydrogens (tertiary/aromatic N) is 4. The third kappa shape index (κ3) is 3.81. The fourth-order valence-electron chi connectivity index (χ4n) is 1.93. The van der Waals surface area contributed by atoms with Gasteiger partial charge in [0.25, 0.3) is 0 Å². The van der Waals surface area contributed by atoms with E-state index in [-0.39, 0.29) is 0 Å². The summed E-state index contributed by atoms with van der Waals surface area (Å²) in [5, 5.41) is 11.0. The number of aromatic nitrogens is 3. The fourth-order valence-corrected chi connectivity index (χ4v) is 1.93. The smallest absolute Gasteiger partial charge is 0.193 e. The fraction of sp³-hybridized carbons (Fsp3) is 0.357. The Morgan fingerprint density at radius 1 is 1.45 bits per heavy atom. The van der Waals surface area contributed by atoms with E-state index in [4.69, 9.17) is 5.73 Å². The van der Waals surface area contributed by atoms with Gasteiger partial charge in [0.15, 0.2) is 5.96 Å². The van der Waals surface area contributed by atoms with Gasteiger partial charge in [-0.05, 0) is 24.6 Å². The Balaban J connectivity index is 1.88. The number of guanidine groups is 1. The summed E-state index contributed by atoms with van der Waals surface area (Å²) in [6.45, 7) is 5.41. The van der Waals surface area contributed by atoms with Crippen LogP contribution >= 0.6 is 0 Å². The third-order valence-electron chi connectivity index (χ3n) is 2.93. The minimum absolute atomic E-state index is 0.418. The standard InChI is InChI=1S/C14H20N6/c1-3-13-19-17-10-20(13)8-7-16-14(15)18-12-6-4-5-11(2)9-12/h4-6,9-10H,3,7-8H2,1-2H3,(H3,15,16,18). The first-order valence-corrected chi connectivity index (χ1v) is 6.69. The van der Waals surface area contributed by atoms with Crippen molar-refractivity contribution in [1.82, 2.24) is 14.8 Å². The van der Waals surface area contributed by atoms with Gasteiger partial charge >= 0.3 is 0 Å². The first kappa shape index (κ1) is 14.0. The molecule has 1 heterocycles. The van der Waals surface area contributed by atoms with Crippen LogP contribution in [0.1, 0.15) is 18.3 Å². The van der Waals surface area contributed by atoms with Gasteiger partial charge in [0.2, 0.25) is 0 Å². The average molecular weight is 272 g/mol. The first-order chi connectivity index (χ1) is 9.69. The van der Waals surface area contributed by atoms with Crippen molar-refractivity contribution in [2.75, 3.05) is 11.9 Å². The molecule has 20 heavy (non-hydrogen) atoms. The van der Waals surface area contributed by atoms with E-state index in [1.54, 1.807) is 6.33 Å². The molecule has 2 aromatic rings. The van der Waals surface area contributed by atoms with E-state index >= 15 is 0 Å². The largest absolute Gasteiger partial charge is 0.370 e. The third-order valence-corrected chi connectivity index (χ3v) is 2.93. The van der Waals surface area contributed by atoms with Crippen molar-refractivity contribution >= 4 is 11.6 Å². The van der Waals surface area contributed by atoms with Crippen LogP contribution in [0.3, 0.4) is 0 Å². The van der Waals surface area contributed by atoms with Crippen LogP contribution in [0.5, 0.6) is 0 Å². The van der Waals surface area contributed by atoms with Crippen LogP contribution in [0.25, 0.3) is 0 Å². The highest BCUT2D eigenvalue weighted by Gasteiger charge is 2.00. The molecule has 0 radical (unpaired) electrons. The second-order valence-electron chi connectivity index (χ2n) is 4.56. The summed E-state index contributed by atoms with van der Waals surface area (Å²) in [5.41, 5.74) is 7.99. The second-order valence-corrected chi connectivity index (χ2v) is 4.56. The molecule has 6 heteroatoms. The van der Waals surface area contributed by atoms with Crippen molar-refractivity contribution in [3.63, 3.8) is 0 Å². The van der Waals surface area contributed by atoms with E-state index in [1.165, 1.54) is 5.56 Å². The number of hydrogen-bond donors (Lipinski definition) is 2. The lowest BCUT2D eigenvalue weighted by atomic mass is 10.2. The molecule has 0 unspecified atom stereocenters. The van der Waals surface area contributed by atoms with Crippen molar-refractivity contribution < 1.29 is 0 Å². The van der Waals surface area contributed by atoms with E-state index in [1.807, 2.05) is 35.8 Å². The Bertz CT molecular complexity index is 587. The van der Waals surface area contributed by atoms with Crippen LogP contribution in [-0.4, -0.2) is 27.3 Å². The summed E-state index contributed by atoms with van der Waals surface area (Å²) >= 11 is 0. The van der Waals surface area contributed by atoms with Gasteiger partial charge in [-0.15, -0.1) is 10.2 Å². The minimum atomic E-state index is 0.418. The molecule has 106 valence electrons. The lowest BCUT2D eigenvalue weighted by Gasteiger charge is -2.07. The molecular weight excluding hydrogens is 252 g/mol. The van der Waals surface area contributed by atoms with Gasteiger partial charge in [0.05, 0.1) is 6.54 Å². The quantitative estimate of drug-likeness (QED) is 0.639. The predicted octanol–water partition coefficient (Wildman–Crippen LogP) is 1.58. The molecule has 0 saturated carbocycles. The van der Waals surface area contributed by atoms with Crippen LogP contribution in [-0.2, 0) is 13.0 Å². The summed E-state index contributed by atoms with van der Waals surface area (Å²) in [6, 6.07) is 8.01. The number of aryl methyl sites for hydroxylation is 2. The molecule has 0 amide bonds. The molecule has 0 aliphatic heterocycles. The Morgan fingerprint density at radius 3 is 3.05 bits per heavy atom. The highest BCUT2D eigenvalue weighted by Crippen LogP contribution is 2.08. The molecule has 2 rings (SSSR count). The predicted molar refractivity (Wildman–Crippen MR) is 80.7 cm³/mol. The maximum Gasteiger partial charge on any atom is 0.193 e. The lowest BCUT2D eigenvalue weighted by molar-refractivity contribution is 0.666. The van der Waals surface area contributed by atoms with Crippen LogP contribution in [0.15, 0.2) is 35.6 Å². The molecule has 0 saturated heterocycles. The number of nitrogens with two attached hydrogens (primary N) is 1. The summed E-state index contributed by atoms with van der Waals surface area (Å²) in [7, 11) is 0. The number of benzene rings is 1. The highest BCUT2D eigenvalue weighted by atomic mass is 15.3. The Kier molecular flexibility index (Phi) is 4.70. The summed E-state index contributed by atoms with van der Waals surface area (Å²) in [6.07, 6.45) is 2.58. The van der Waals surface area contributed by atoms with Gasteiger partial charge < -0.3 is 15.6 Å². The molecule has 0 aliphatic carbocycles. The summed E-state index contributed by atoms with van der Waals surface area (Å²) in [4.78, 5) is 4.31. The van der Waals surface area contributed by atoms with Gasteiger partial charge in [0.1, 0.15) is 12.2 Å². The molecule has 3 N–H and O–H groups in total. The van der Waals surface area contributed by atoms with Gasteiger partial charge in [-0.3, -0.25) is 4.99 Å². The maximum absolute atomic E-state index is 5.86. The van der Waals surface area contributed by atoms with E-state index in [0.29, 0.717) is 12.5 Å². The van der Waals surface area contributed by atoms with Gasteiger partial charge in [-0.1, -0.05) is 19.1 Å². The van der Waals surface area contributed by atoms with Crippen molar-refractivity contribution in [2.45, 2.75) is 26.8 Å². The number of hydrogen-bond acceptors (Lipinski definition) is 3. The van der Waals surface area contributed by atoms with Gasteiger partial charge in [-0.25, -0.2) is 0 Å². The molecule has 6 nitrogen and oxygen atoms in total. The zero-order valence-electron chi connectivity index (χ0n) is 11.9. The summed E-state index contributed by atoms with van der Waals surface area (Å²) < 4.78 is 1.99. The van der Waals surface area contributed by atoms with Crippen molar-refractivity contribution in [3.05, 3.63) is 42.0 Å². The minimum Gasteiger partial charge on any atom is -0.370 e. The van der Waals surface area contributed by atoms with Gasteiger partial charge in [-0.2, -0.15) is 0 Å². The van der Waals surface area contributed by atoms with Crippen LogP contribution in [0, 0.1) is 6.92 Å². The first-order valence-electron chi connectivity index (χ1n) is 6.69. The van der Waals surface area contributed by atoms with E-state index in [2.05, 4.69) is 27.4 Å². The van der Waals surface area contributed by atoms with Gasteiger partial charge in [0, 0.05) is 18.7 Å². The Morgan fingerprint density at radius 2 is 2.30 bits per heavy atom. The summed E-state index contributed by atoms with van der Waals surface area (Å²) in [5.74, 6) is 1.38. The van der Waals surface area contributed by atoms with Crippen molar-refractivity contribution in [1.29, 1.82) is 0 Å². The zero-order chi connectivity index (χ0) is 14.4. The maximum atomic E-state index is 5.86. The molecule has 0 spiro atoms. The zero-order valence-corrected chi connectivity index (χ0v) is 11.9. The number of anilines is 1. The molecule has 0 bridgehead atoms. The molecular formula is C14H20N6. The highest BCUT2D eigenvalue weighted by molar-refractivity contribution is 5.92. The van der Waals surface area contributed by atoms with Crippen LogP contribution in [0.4, 0.5) is 5.69 Å². The lowest BCUT2D eigenvalue weighted by Crippen LogP contribution is -2.23. The molecule has 0 atom stereocenters. The number of aliphatic imine (C=N–C) groups is 1. The Labute approximate surface area is 118 Å². The van der Waals surface area contributed by atoms with Crippen molar-refractivity contribution in [2.24, 2.45) is 10.7 Å². The van der Waals surface area contributed by atoms with E-state index in [9.17, 15) is 0 Å². The topological polar surface area (TPSA) is 81.1 Å². The molecule has 1 aromatic carbocycles. The second kappa shape index (κ2) is 6.70. The molecule has 0 aliphatic rings. The monoisotopic (exact) mass is 272 g/mol. The van der Waals surface area contributed by atoms with Crippen molar-refractivity contribution in [3.8, 4) is 0 Å². The molecule has 1 aromatic heterocycles. The Hall–Kier alpha value is -2.37. The average Bonchev–Trinajstić information content (AvgIpc) is 2.86. The SMILES string of the molecule is CCc1nncn1CCN=C(N)Nc1cccc(C)c1. The van der Waals surface area contributed by atoms with Crippen LogP contribution < -0.4 is 11.1 Å².